The van der Waals surface area contributed by atoms with Crippen molar-refractivity contribution in [1.29, 1.82) is 0 Å². The van der Waals surface area contributed by atoms with Crippen molar-refractivity contribution in [1.82, 2.24) is 0 Å². The maximum atomic E-state index is 12.8. The molecule has 1 aliphatic carbocycles. The largest absolute Gasteiger partial charge is 0.289 e. The molecule has 1 aromatic heterocycles. The summed E-state index contributed by atoms with van der Waals surface area (Å²) in [5.74, 6) is -0.618. The van der Waals surface area contributed by atoms with Crippen molar-refractivity contribution in [2.45, 2.75) is 0 Å². The molecule has 4 rings (SSSR count). The Bertz CT molecular complexity index is 1020. The summed E-state index contributed by atoms with van der Waals surface area (Å²) < 4.78 is 0.591. The Balaban J connectivity index is 1.85. The first-order valence-electron chi connectivity index (χ1n) is 7.19. The van der Waals surface area contributed by atoms with Gasteiger partial charge in [0.05, 0.1) is 9.75 Å². The fraction of sp³-hybridized carbons (Fsp3) is 0. The molecule has 0 unspecified atom stereocenters. The van der Waals surface area contributed by atoms with E-state index in [-0.39, 0.29) is 17.3 Å². The van der Waals surface area contributed by atoms with E-state index in [0.717, 1.165) is 11.3 Å². The molecule has 0 bridgehead atoms. The van der Waals surface area contributed by atoms with Crippen LogP contribution >= 0.6 is 27.3 Å². The van der Waals surface area contributed by atoms with Crippen molar-refractivity contribution in [3.8, 4) is 0 Å². The number of hydrogen-bond donors (Lipinski definition) is 0. The third-order valence-corrected chi connectivity index (χ3v) is 5.72. The summed E-state index contributed by atoms with van der Waals surface area (Å²) in [4.78, 5) is 38.8. The van der Waals surface area contributed by atoms with Crippen LogP contribution < -0.4 is 0 Å². The number of carbonyl (C=O) groups excluding carboxylic acids is 3. The van der Waals surface area contributed by atoms with E-state index in [0.29, 0.717) is 36.5 Å². The van der Waals surface area contributed by atoms with Gasteiger partial charge >= 0.3 is 0 Å². The summed E-state index contributed by atoms with van der Waals surface area (Å²) in [6.45, 7) is 0. The Labute approximate surface area is 150 Å². The number of benzene rings is 2. The van der Waals surface area contributed by atoms with Crippen LogP contribution in [-0.2, 0) is 0 Å². The third kappa shape index (κ3) is 2.20. The molecule has 0 saturated heterocycles. The minimum Gasteiger partial charge on any atom is -0.289 e. The van der Waals surface area contributed by atoms with Crippen molar-refractivity contribution in [2.24, 2.45) is 0 Å². The maximum absolute atomic E-state index is 12.8. The molecular weight excluding hydrogens is 388 g/mol. The predicted molar refractivity (Wildman–Crippen MR) is 95.2 cm³/mol. The molecule has 3 nitrogen and oxygen atoms in total. The zero-order chi connectivity index (χ0) is 16.8. The standard InChI is InChI=1S/C19H9BrO3S/c20-13-8-4-7-11-15(13)18(23)19-12(17(11)22)9-14(24-19)16(21)10-5-2-1-3-6-10/h1-9H. The highest BCUT2D eigenvalue weighted by Crippen LogP contribution is 2.36. The Hall–Kier alpha value is -2.37. The second-order valence-electron chi connectivity index (χ2n) is 5.37. The van der Waals surface area contributed by atoms with Crippen LogP contribution in [0, 0.1) is 0 Å². The third-order valence-electron chi connectivity index (χ3n) is 3.93. The lowest BCUT2D eigenvalue weighted by molar-refractivity contribution is 0.0982. The van der Waals surface area contributed by atoms with E-state index in [1.165, 1.54) is 0 Å². The lowest BCUT2D eigenvalue weighted by atomic mass is 9.89. The molecule has 24 heavy (non-hydrogen) atoms. The summed E-state index contributed by atoms with van der Waals surface area (Å²) in [5, 5.41) is 0. The van der Waals surface area contributed by atoms with Gasteiger partial charge in [0.1, 0.15) is 0 Å². The van der Waals surface area contributed by atoms with Crippen LogP contribution in [0.2, 0.25) is 0 Å². The number of ketones is 3. The minimum absolute atomic E-state index is 0.182. The molecule has 1 aliphatic rings. The first kappa shape index (κ1) is 15.2. The van der Waals surface area contributed by atoms with Gasteiger partial charge in [-0.2, -0.15) is 0 Å². The van der Waals surface area contributed by atoms with Crippen LogP contribution in [0.25, 0.3) is 0 Å². The highest BCUT2D eigenvalue weighted by atomic mass is 79.9. The predicted octanol–water partition coefficient (Wildman–Crippen LogP) is 4.52. The van der Waals surface area contributed by atoms with Crippen molar-refractivity contribution >= 4 is 44.6 Å². The lowest BCUT2D eigenvalue weighted by Crippen LogP contribution is -2.19. The minimum atomic E-state index is -0.218. The van der Waals surface area contributed by atoms with E-state index < -0.39 is 0 Å². The number of fused-ring (bicyclic) bond motifs is 2. The van der Waals surface area contributed by atoms with Crippen LogP contribution in [0.3, 0.4) is 0 Å². The van der Waals surface area contributed by atoms with Crippen molar-refractivity contribution in [3.63, 3.8) is 0 Å². The van der Waals surface area contributed by atoms with E-state index >= 15 is 0 Å². The first-order valence-corrected chi connectivity index (χ1v) is 8.80. The second-order valence-corrected chi connectivity index (χ2v) is 7.28. The van der Waals surface area contributed by atoms with Crippen molar-refractivity contribution in [3.05, 3.63) is 91.1 Å². The Kier molecular flexibility index (Phi) is 3.55. The highest BCUT2D eigenvalue weighted by molar-refractivity contribution is 9.10. The van der Waals surface area contributed by atoms with Gasteiger partial charge in [0, 0.05) is 26.7 Å². The molecule has 5 heteroatoms. The van der Waals surface area contributed by atoms with Gasteiger partial charge in [0.2, 0.25) is 11.6 Å². The van der Waals surface area contributed by atoms with Gasteiger partial charge in [-0.15, -0.1) is 11.3 Å². The van der Waals surface area contributed by atoms with E-state index in [2.05, 4.69) is 15.9 Å². The molecule has 0 atom stereocenters. The Morgan fingerprint density at radius 2 is 1.62 bits per heavy atom. The van der Waals surface area contributed by atoms with Gasteiger partial charge in [-0.3, -0.25) is 14.4 Å². The number of hydrogen-bond acceptors (Lipinski definition) is 4. The van der Waals surface area contributed by atoms with Crippen molar-refractivity contribution in [2.75, 3.05) is 0 Å². The van der Waals surface area contributed by atoms with Gasteiger partial charge in [0.15, 0.2) is 5.78 Å². The van der Waals surface area contributed by atoms with Gasteiger partial charge < -0.3 is 0 Å². The van der Waals surface area contributed by atoms with Gasteiger partial charge in [0.25, 0.3) is 0 Å². The SMILES string of the molecule is O=C(c1ccccc1)c1cc2c(s1)C(=O)c1c(Br)cccc1C2=O. The van der Waals surface area contributed by atoms with Crippen LogP contribution in [0.5, 0.6) is 0 Å². The van der Waals surface area contributed by atoms with Crippen LogP contribution in [-0.4, -0.2) is 17.3 Å². The van der Waals surface area contributed by atoms with Gasteiger partial charge in [-0.1, -0.05) is 58.4 Å². The molecule has 0 amide bonds. The monoisotopic (exact) mass is 396 g/mol. The summed E-state index contributed by atoms with van der Waals surface area (Å²) in [7, 11) is 0. The van der Waals surface area contributed by atoms with E-state index in [4.69, 9.17) is 0 Å². The van der Waals surface area contributed by atoms with Gasteiger partial charge in [-0.25, -0.2) is 0 Å². The normalized spacial score (nSPS) is 12.7. The van der Waals surface area contributed by atoms with Crippen molar-refractivity contribution < 1.29 is 14.4 Å². The second kappa shape index (κ2) is 5.61. The summed E-state index contributed by atoms with van der Waals surface area (Å²) in [6, 6.07) is 15.5. The van der Waals surface area contributed by atoms with E-state index in [1.54, 1.807) is 48.5 Å². The molecule has 0 fully saturated rings. The summed E-state index contributed by atoms with van der Waals surface area (Å²) >= 11 is 4.42. The highest BCUT2D eigenvalue weighted by Gasteiger charge is 2.34. The molecule has 0 saturated carbocycles. The topological polar surface area (TPSA) is 51.2 Å². The quantitative estimate of drug-likeness (QED) is 0.468. The Morgan fingerprint density at radius 3 is 2.38 bits per heavy atom. The van der Waals surface area contributed by atoms with E-state index in [9.17, 15) is 14.4 Å². The Morgan fingerprint density at radius 1 is 0.875 bits per heavy atom. The number of halogens is 1. The molecule has 1 heterocycles. The van der Waals surface area contributed by atoms with Crippen LogP contribution in [0.4, 0.5) is 0 Å². The molecule has 3 aromatic rings. The number of rotatable bonds is 2. The van der Waals surface area contributed by atoms with Gasteiger partial charge in [-0.05, 0) is 12.1 Å². The average molecular weight is 397 g/mol. The summed E-state index contributed by atoms with van der Waals surface area (Å²) in [5.41, 5.74) is 1.60. The zero-order valence-electron chi connectivity index (χ0n) is 12.2. The molecule has 0 radical (unpaired) electrons. The van der Waals surface area contributed by atoms with Crippen LogP contribution in [0.15, 0.2) is 59.1 Å². The fourth-order valence-corrected chi connectivity index (χ4v) is 4.38. The molecular formula is C19H9BrO3S. The molecule has 0 N–H and O–H groups in total. The fourth-order valence-electron chi connectivity index (χ4n) is 2.77. The molecule has 0 spiro atoms. The molecule has 2 aromatic carbocycles. The average Bonchev–Trinajstić information content (AvgIpc) is 3.05. The van der Waals surface area contributed by atoms with Crippen LogP contribution in [0.1, 0.15) is 46.4 Å². The molecule has 116 valence electrons. The smallest absolute Gasteiger partial charge is 0.205 e. The zero-order valence-corrected chi connectivity index (χ0v) is 14.6. The van der Waals surface area contributed by atoms with E-state index in [1.807, 2.05) is 6.07 Å². The molecule has 0 aliphatic heterocycles. The number of carbonyl (C=O) groups is 3. The number of thiophene rings is 1. The lowest BCUT2D eigenvalue weighted by Gasteiger charge is -2.14. The first-order chi connectivity index (χ1) is 11.6. The summed E-state index contributed by atoms with van der Waals surface area (Å²) in [6.07, 6.45) is 0. The maximum Gasteiger partial charge on any atom is 0.205 e.